The van der Waals surface area contributed by atoms with E-state index in [1.807, 2.05) is 31.5 Å². The molecule has 0 aliphatic rings. The number of rotatable bonds is 6. The van der Waals surface area contributed by atoms with Gasteiger partial charge in [-0.2, -0.15) is 0 Å². The van der Waals surface area contributed by atoms with Crippen LogP contribution in [0.4, 0.5) is 5.69 Å². The Kier molecular flexibility index (Phi) is 4.27. The molecule has 0 radical (unpaired) electrons. The summed E-state index contributed by atoms with van der Waals surface area (Å²) in [5, 5.41) is 4.40. The van der Waals surface area contributed by atoms with Gasteiger partial charge in [0.05, 0.1) is 17.4 Å². The summed E-state index contributed by atoms with van der Waals surface area (Å²) >= 11 is 0. The number of hydrogen-bond acceptors (Lipinski definition) is 4. The van der Waals surface area contributed by atoms with Crippen molar-refractivity contribution >= 4 is 16.6 Å². The minimum absolute atomic E-state index is 0.775. The molecule has 2 heterocycles. The average molecular weight is 231 g/mol. The molecule has 2 aromatic heterocycles. The smallest absolute Gasteiger partial charge is 0.0964 e. The van der Waals surface area contributed by atoms with Crippen molar-refractivity contribution in [3.05, 3.63) is 30.7 Å². The number of nitrogens with one attached hydrogen (secondary N) is 1. The first-order chi connectivity index (χ1) is 8.42. The lowest BCUT2D eigenvalue weighted by Gasteiger charge is -2.08. The third-order valence-electron chi connectivity index (χ3n) is 2.50. The fourth-order valence-corrected chi connectivity index (χ4v) is 1.67. The summed E-state index contributed by atoms with van der Waals surface area (Å²) in [5.74, 6) is 0. The molecular weight excluding hydrogens is 214 g/mol. The molecule has 0 fully saturated rings. The zero-order valence-electron chi connectivity index (χ0n) is 10.0. The molecule has 0 saturated heterocycles. The molecule has 2 aromatic rings. The van der Waals surface area contributed by atoms with Crippen LogP contribution in [0.5, 0.6) is 0 Å². The zero-order chi connectivity index (χ0) is 11.9. The zero-order valence-corrected chi connectivity index (χ0v) is 10.0. The van der Waals surface area contributed by atoms with Gasteiger partial charge in [-0.3, -0.25) is 9.97 Å². The molecule has 0 saturated carbocycles. The van der Waals surface area contributed by atoms with Gasteiger partial charge in [0.2, 0.25) is 0 Å². The van der Waals surface area contributed by atoms with Crippen LogP contribution in [0.25, 0.3) is 10.9 Å². The molecule has 0 bridgehead atoms. The molecule has 0 aromatic carbocycles. The number of hydrogen-bond donors (Lipinski definition) is 1. The van der Waals surface area contributed by atoms with Crippen LogP contribution in [0.15, 0.2) is 30.7 Å². The van der Waals surface area contributed by atoms with Crippen LogP contribution in [-0.4, -0.2) is 29.7 Å². The molecular formula is C13H17N3O. The summed E-state index contributed by atoms with van der Waals surface area (Å²) in [6.07, 6.45) is 6.43. The second kappa shape index (κ2) is 6.15. The molecule has 0 aliphatic heterocycles. The fourth-order valence-electron chi connectivity index (χ4n) is 1.67. The lowest BCUT2D eigenvalue weighted by molar-refractivity contribution is 0.147. The average Bonchev–Trinajstić information content (AvgIpc) is 2.39. The van der Waals surface area contributed by atoms with Crippen molar-refractivity contribution in [2.24, 2.45) is 0 Å². The van der Waals surface area contributed by atoms with Crippen LogP contribution >= 0.6 is 0 Å². The van der Waals surface area contributed by atoms with Crippen LogP contribution in [0.1, 0.15) is 13.3 Å². The lowest BCUT2D eigenvalue weighted by atomic mass is 10.2. The van der Waals surface area contributed by atoms with Crippen LogP contribution in [-0.2, 0) is 4.74 Å². The summed E-state index contributed by atoms with van der Waals surface area (Å²) in [5.41, 5.74) is 1.96. The van der Waals surface area contributed by atoms with Gasteiger partial charge in [-0.15, -0.1) is 0 Å². The molecule has 0 unspecified atom stereocenters. The predicted molar refractivity (Wildman–Crippen MR) is 69.1 cm³/mol. The standard InChI is InChI=1S/C13H17N3O/c1-2-17-8-4-7-15-12-10-14-9-11-5-3-6-16-13(11)12/h3,5-6,9-10,15H,2,4,7-8H2,1H3. The Morgan fingerprint density at radius 3 is 3.18 bits per heavy atom. The van der Waals surface area contributed by atoms with Gasteiger partial charge >= 0.3 is 0 Å². The Balaban J connectivity index is 1.98. The van der Waals surface area contributed by atoms with Crippen molar-refractivity contribution in [3.8, 4) is 0 Å². The molecule has 0 aliphatic carbocycles. The van der Waals surface area contributed by atoms with E-state index in [1.165, 1.54) is 0 Å². The lowest BCUT2D eigenvalue weighted by Crippen LogP contribution is -2.06. The maximum absolute atomic E-state index is 5.29. The van der Waals surface area contributed by atoms with Crippen molar-refractivity contribution < 1.29 is 4.74 Å². The second-order valence-electron chi connectivity index (χ2n) is 3.74. The third kappa shape index (κ3) is 3.14. The summed E-state index contributed by atoms with van der Waals surface area (Å²) in [4.78, 5) is 8.56. The van der Waals surface area contributed by atoms with E-state index in [-0.39, 0.29) is 0 Å². The van der Waals surface area contributed by atoms with Gasteiger partial charge in [0.15, 0.2) is 0 Å². The van der Waals surface area contributed by atoms with E-state index >= 15 is 0 Å². The van der Waals surface area contributed by atoms with Gasteiger partial charge in [-0.25, -0.2) is 0 Å². The minimum Gasteiger partial charge on any atom is -0.382 e. The Hall–Kier alpha value is -1.68. The van der Waals surface area contributed by atoms with Crippen molar-refractivity contribution in [3.63, 3.8) is 0 Å². The van der Waals surface area contributed by atoms with Crippen molar-refractivity contribution in [1.82, 2.24) is 9.97 Å². The maximum Gasteiger partial charge on any atom is 0.0964 e. The fraction of sp³-hybridized carbons (Fsp3) is 0.385. The molecule has 0 spiro atoms. The number of fused-ring (bicyclic) bond motifs is 1. The van der Waals surface area contributed by atoms with E-state index in [9.17, 15) is 0 Å². The molecule has 0 atom stereocenters. The first-order valence-corrected chi connectivity index (χ1v) is 5.92. The number of anilines is 1. The first-order valence-electron chi connectivity index (χ1n) is 5.92. The van der Waals surface area contributed by atoms with Crippen LogP contribution in [0.3, 0.4) is 0 Å². The Labute approximate surface area is 101 Å². The highest BCUT2D eigenvalue weighted by Gasteiger charge is 2.00. The summed E-state index contributed by atoms with van der Waals surface area (Å²) in [6.45, 7) is 4.44. The predicted octanol–water partition coefficient (Wildman–Crippen LogP) is 2.47. The Morgan fingerprint density at radius 2 is 2.29 bits per heavy atom. The minimum atomic E-state index is 0.775. The molecule has 2 rings (SSSR count). The topological polar surface area (TPSA) is 47.0 Å². The van der Waals surface area contributed by atoms with E-state index < -0.39 is 0 Å². The van der Waals surface area contributed by atoms with Gasteiger partial charge in [0.1, 0.15) is 0 Å². The van der Waals surface area contributed by atoms with Crippen LogP contribution in [0.2, 0.25) is 0 Å². The number of nitrogens with zero attached hydrogens (tertiary/aromatic N) is 2. The summed E-state index contributed by atoms with van der Waals surface area (Å²) in [7, 11) is 0. The van der Waals surface area contributed by atoms with Gasteiger partial charge in [0.25, 0.3) is 0 Å². The van der Waals surface area contributed by atoms with E-state index in [0.717, 1.165) is 42.8 Å². The molecule has 90 valence electrons. The number of ether oxygens (including phenoxy) is 1. The molecule has 17 heavy (non-hydrogen) atoms. The van der Waals surface area contributed by atoms with Crippen molar-refractivity contribution in [2.75, 3.05) is 25.1 Å². The highest BCUT2D eigenvalue weighted by Crippen LogP contribution is 2.18. The SMILES string of the molecule is CCOCCCNc1cncc2cccnc12. The van der Waals surface area contributed by atoms with E-state index in [4.69, 9.17) is 4.74 Å². The summed E-state index contributed by atoms with van der Waals surface area (Å²) in [6, 6.07) is 3.93. The Morgan fingerprint density at radius 1 is 1.35 bits per heavy atom. The van der Waals surface area contributed by atoms with E-state index in [1.54, 1.807) is 6.20 Å². The van der Waals surface area contributed by atoms with Crippen LogP contribution in [0, 0.1) is 0 Å². The highest BCUT2D eigenvalue weighted by molar-refractivity contribution is 5.88. The number of pyridine rings is 2. The molecule has 0 amide bonds. The van der Waals surface area contributed by atoms with Gasteiger partial charge < -0.3 is 10.1 Å². The molecule has 1 N–H and O–H groups in total. The second-order valence-corrected chi connectivity index (χ2v) is 3.74. The van der Waals surface area contributed by atoms with E-state index in [2.05, 4.69) is 15.3 Å². The first kappa shape index (κ1) is 11.8. The largest absolute Gasteiger partial charge is 0.382 e. The normalized spacial score (nSPS) is 10.6. The maximum atomic E-state index is 5.29. The number of aromatic nitrogens is 2. The van der Waals surface area contributed by atoms with E-state index in [0.29, 0.717) is 0 Å². The van der Waals surface area contributed by atoms with Gasteiger partial charge in [-0.1, -0.05) is 0 Å². The van der Waals surface area contributed by atoms with Gasteiger partial charge in [-0.05, 0) is 25.5 Å². The van der Waals surface area contributed by atoms with Crippen molar-refractivity contribution in [2.45, 2.75) is 13.3 Å². The highest BCUT2D eigenvalue weighted by atomic mass is 16.5. The molecule has 4 nitrogen and oxygen atoms in total. The Bertz CT molecular complexity index is 468. The quantitative estimate of drug-likeness (QED) is 0.776. The monoisotopic (exact) mass is 231 g/mol. The van der Waals surface area contributed by atoms with Crippen molar-refractivity contribution in [1.29, 1.82) is 0 Å². The molecule has 4 heteroatoms. The van der Waals surface area contributed by atoms with Crippen LogP contribution < -0.4 is 5.32 Å². The summed E-state index contributed by atoms with van der Waals surface area (Å²) < 4.78 is 5.29. The van der Waals surface area contributed by atoms with Gasteiger partial charge in [0, 0.05) is 37.5 Å². The third-order valence-corrected chi connectivity index (χ3v) is 2.50.